The Kier molecular flexibility index (Phi) is 5.05. The van der Waals surface area contributed by atoms with Crippen molar-refractivity contribution in [1.29, 1.82) is 0 Å². The number of nitrogens with one attached hydrogen (secondary N) is 2. The van der Waals surface area contributed by atoms with Crippen molar-refractivity contribution < 1.29 is 22.7 Å². The van der Waals surface area contributed by atoms with E-state index in [-0.39, 0.29) is 30.2 Å². The number of hydrogen-bond acceptors (Lipinski definition) is 6. The molecular weight excluding hydrogens is 399 g/mol. The predicted molar refractivity (Wildman–Crippen MR) is 105 cm³/mol. The molecule has 2 aliphatic rings. The zero-order chi connectivity index (χ0) is 21.6. The van der Waals surface area contributed by atoms with Crippen LogP contribution in [0.25, 0.3) is 0 Å². The molecule has 1 amide bonds. The van der Waals surface area contributed by atoms with Crippen LogP contribution in [-0.2, 0) is 16.1 Å². The van der Waals surface area contributed by atoms with Crippen molar-refractivity contribution in [3.05, 3.63) is 41.3 Å². The standard InChI is InChI=1S/C20H22F3N5O2/c1-10-18(29)26-15-8-24-19(27-17(15)28(10)3)25-12-6-20(2,7-12)30-9-11-4-13(21)16(23)14(22)5-11/h4-5,8,10,12H,6-7,9H2,1-3H3,(H,26,29)(H,24,25,27)/t10-,12?,20?/m0/s1. The number of anilines is 3. The van der Waals surface area contributed by atoms with Crippen LogP contribution in [-0.4, -0.2) is 40.6 Å². The van der Waals surface area contributed by atoms with E-state index >= 15 is 0 Å². The number of amides is 1. The molecule has 0 bridgehead atoms. The van der Waals surface area contributed by atoms with Crippen LogP contribution in [0.5, 0.6) is 0 Å². The van der Waals surface area contributed by atoms with Gasteiger partial charge < -0.3 is 20.3 Å². The maximum Gasteiger partial charge on any atom is 0.246 e. The first kappa shape index (κ1) is 20.4. The van der Waals surface area contributed by atoms with Crippen molar-refractivity contribution in [3.63, 3.8) is 0 Å². The number of hydrogen-bond donors (Lipinski definition) is 2. The minimum atomic E-state index is -1.48. The number of aromatic nitrogens is 2. The minimum Gasteiger partial charge on any atom is -0.370 e. The number of nitrogens with zero attached hydrogens (tertiary/aromatic N) is 3. The van der Waals surface area contributed by atoms with Crippen LogP contribution in [0.2, 0.25) is 0 Å². The van der Waals surface area contributed by atoms with Crippen LogP contribution >= 0.6 is 0 Å². The first-order valence-corrected chi connectivity index (χ1v) is 9.60. The van der Waals surface area contributed by atoms with Crippen molar-refractivity contribution in [2.75, 3.05) is 22.6 Å². The largest absolute Gasteiger partial charge is 0.370 e. The summed E-state index contributed by atoms with van der Waals surface area (Å²) in [5.41, 5.74) is 0.319. The molecule has 7 nitrogen and oxygen atoms in total. The van der Waals surface area contributed by atoms with Gasteiger partial charge in [-0.3, -0.25) is 4.79 Å². The molecule has 2 heterocycles. The van der Waals surface area contributed by atoms with Crippen LogP contribution in [0, 0.1) is 17.5 Å². The summed E-state index contributed by atoms with van der Waals surface area (Å²) in [6.07, 6.45) is 2.85. The van der Waals surface area contributed by atoms with Crippen molar-refractivity contribution in [2.24, 2.45) is 0 Å². The van der Waals surface area contributed by atoms with Gasteiger partial charge in [0.05, 0.1) is 18.4 Å². The first-order chi connectivity index (χ1) is 14.1. The molecule has 1 fully saturated rings. The van der Waals surface area contributed by atoms with Gasteiger partial charge in [-0.25, -0.2) is 18.2 Å². The smallest absolute Gasteiger partial charge is 0.246 e. The highest BCUT2D eigenvalue weighted by Gasteiger charge is 2.42. The zero-order valence-electron chi connectivity index (χ0n) is 16.8. The van der Waals surface area contributed by atoms with Gasteiger partial charge in [0, 0.05) is 13.1 Å². The van der Waals surface area contributed by atoms with Gasteiger partial charge >= 0.3 is 0 Å². The van der Waals surface area contributed by atoms with Gasteiger partial charge in [0.15, 0.2) is 23.3 Å². The van der Waals surface area contributed by atoms with Gasteiger partial charge in [0.2, 0.25) is 11.9 Å². The third-order valence-corrected chi connectivity index (χ3v) is 5.64. The molecule has 1 aliphatic carbocycles. The summed E-state index contributed by atoms with van der Waals surface area (Å²) in [7, 11) is 1.80. The molecule has 160 valence electrons. The summed E-state index contributed by atoms with van der Waals surface area (Å²) in [5.74, 6) is -2.97. The molecule has 1 aromatic heterocycles. The number of carbonyl (C=O) groups excluding carboxylic acids is 1. The maximum absolute atomic E-state index is 13.3. The molecule has 0 unspecified atom stereocenters. The van der Waals surface area contributed by atoms with Crippen molar-refractivity contribution in [3.8, 4) is 0 Å². The lowest BCUT2D eigenvalue weighted by atomic mass is 9.77. The topological polar surface area (TPSA) is 79.4 Å². The van der Waals surface area contributed by atoms with Crippen LogP contribution in [0.4, 0.5) is 30.6 Å². The first-order valence-electron chi connectivity index (χ1n) is 9.60. The van der Waals surface area contributed by atoms with Gasteiger partial charge in [-0.05, 0) is 44.4 Å². The Morgan fingerprint density at radius 2 is 1.97 bits per heavy atom. The molecule has 2 N–H and O–H groups in total. The Balaban J connectivity index is 1.34. The lowest BCUT2D eigenvalue weighted by molar-refractivity contribution is -0.117. The Morgan fingerprint density at radius 3 is 2.63 bits per heavy atom. The van der Waals surface area contributed by atoms with E-state index < -0.39 is 23.1 Å². The monoisotopic (exact) mass is 421 g/mol. The second-order valence-electron chi connectivity index (χ2n) is 8.07. The number of halogens is 3. The van der Waals surface area contributed by atoms with E-state index in [1.807, 2.05) is 6.92 Å². The van der Waals surface area contributed by atoms with E-state index in [0.29, 0.717) is 30.3 Å². The Morgan fingerprint density at radius 1 is 1.30 bits per heavy atom. The van der Waals surface area contributed by atoms with Crippen LogP contribution in [0.3, 0.4) is 0 Å². The third-order valence-electron chi connectivity index (χ3n) is 5.64. The number of ether oxygens (including phenoxy) is 1. The van der Waals surface area contributed by atoms with Crippen LogP contribution < -0.4 is 15.5 Å². The normalized spacial score (nSPS) is 25.4. The molecule has 1 aliphatic heterocycles. The second kappa shape index (κ2) is 7.42. The molecule has 0 saturated heterocycles. The number of carbonyl (C=O) groups is 1. The second-order valence-corrected chi connectivity index (χ2v) is 8.07. The summed E-state index contributed by atoms with van der Waals surface area (Å²) in [6, 6.07) is 1.61. The number of benzene rings is 1. The van der Waals surface area contributed by atoms with Gasteiger partial charge in [0.1, 0.15) is 11.7 Å². The fourth-order valence-corrected chi connectivity index (χ4v) is 3.73. The Labute approximate surface area is 171 Å². The van der Waals surface area contributed by atoms with Crippen molar-refractivity contribution in [1.82, 2.24) is 9.97 Å². The highest BCUT2D eigenvalue weighted by atomic mass is 19.2. The van der Waals surface area contributed by atoms with E-state index in [9.17, 15) is 18.0 Å². The molecule has 0 radical (unpaired) electrons. The molecule has 1 saturated carbocycles. The molecule has 30 heavy (non-hydrogen) atoms. The minimum absolute atomic E-state index is 0.0188. The van der Waals surface area contributed by atoms with E-state index in [0.717, 1.165) is 12.1 Å². The average Bonchev–Trinajstić information content (AvgIpc) is 2.68. The van der Waals surface area contributed by atoms with E-state index in [1.165, 1.54) is 0 Å². The molecule has 4 rings (SSSR count). The number of fused-ring (bicyclic) bond motifs is 1. The molecular formula is C20H22F3N5O2. The number of rotatable bonds is 5. The maximum atomic E-state index is 13.3. The van der Waals surface area contributed by atoms with Gasteiger partial charge in [0.25, 0.3) is 0 Å². The van der Waals surface area contributed by atoms with Crippen molar-refractivity contribution >= 4 is 23.4 Å². The summed E-state index contributed by atoms with van der Waals surface area (Å²) in [4.78, 5) is 22.4. The zero-order valence-corrected chi connectivity index (χ0v) is 16.8. The number of likely N-dealkylation sites (N-methyl/N-ethyl adjacent to an activating group) is 1. The quantitative estimate of drug-likeness (QED) is 0.722. The average molecular weight is 421 g/mol. The molecule has 1 atom stereocenters. The molecule has 1 aromatic carbocycles. The van der Waals surface area contributed by atoms with Crippen LogP contribution in [0.15, 0.2) is 18.3 Å². The molecule has 0 spiro atoms. The van der Waals surface area contributed by atoms with Gasteiger partial charge in [-0.1, -0.05) is 0 Å². The fraction of sp³-hybridized carbons (Fsp3) is 0.450. The lowest BCUT2D eigenvalue weighted by Gasteiger charge is -2.45. The molecule has 10 heteroatoms. The van der Waals surface area contributed by atoms with Gasteiger partial charge in [-0.15, -0.1) is 0 Å². The Hall–Kier alpha value is -2.88. The highest BCUT2D eigenvalue weighted by Crippen LogP contribution is 2.38. The van der Waals surface area contributed by atoms with Crippen LogP contribution in [0.1, 0.15) is 32.3 Å². The fourth-order valence-electron chi connectivity index (χ4n) is 3.73. The SMILES string of the molecule is C[C@H]1C(=O)Nc2cnc(NC3CC(C)(OCc4cc(F)c(F)c(F)c4)C3)nc2N1C. The highest BCUT2D eigenvalue weighted by molar-refractivity contribution is 6.02. The molecule has 2 aromatic rings. The van der Waals surface area contributed by atoms with E-state index in [4.69, 9.17) is 4.74 Å². The predicted octanol–water partition coefficient (Wildman–Crippen LogP) is 3.22. The lowest BCUT2D eigenvalue weighted by Crippen LogP contribution is -2.50. The third kappa shape index (κ3) is 3.79. The summed E-state index contributed by atoms with van der Waals surface area (Å²) >= 11 is 0. The van der Waals surface area contributed by atoms with E-state index in [1.54, 1.807) is 25.1 Å². The van der Waals surface area contributed by atoms with Crippen molar-refractivity contribution in [2.45, 2.75) is 51.0 Å². The summed E-state index contributed by atoms with van der Waals surface area (Å²) in [6.45, 7) is 3.68. The summed E-state index contributed by atoms with van der Waals surface area (Å²) < 4.78 is 45.5. The van der Waals surface area contributed by atoms with Gasteiger partial charge in [-0.2, -0.15) is 4.98 Å². The van der Waals surface area contributed by atoms with E-state index in [2.05, 4.69) is 20.6 Å². The summed E-state index contributed by atoms with van der Waals surface area (Å²) in [5, 5.41) is 6.02. The Bertz CT molecular complexity index is 973.